The Labute approximate surface area is 137 Å². The number of hydrogen-bond donors (Lipinski definition) is 0. The molecule has 0 N–H and O–H groups in total. The van der Waals surface area contributed by atoms with Crippen LogP contribution in [0.5, 0.6) is 0 Å². The fraction of sp³-hybridized carbons (Fsp3) is 0.300. The van der Waals surface area contributed by atoms with Gasteiger partial charge in [-0.2, -0.15) is 5.26 Å². The first kappa shape index (κ1) is 15.3. The molecule has 1 aromatic heterocycles. The van der Waals surface area contributed by atoms with Crippen LogP contribution in [0.25, 0.3) is 10.8 Å². The van der Waals surface area contributed by atoms with E-state index in [1.54, 1.807) is 12.5 Å². The second-order valence-corrected chi connectivity index (χ2v) is 6.06. The molecule has 0 saturated heterocycles. The Bertz CT molecular complexity index is 809. The molecule has 23 heavy (non-hydrogen) atoms. The molecule has 3 nitrogen and oxygen atoms in total. The average molecular weight is 303 g/mol. The third-order valence-corrected chi connectivity index (χ3v) is 4.49. The van der Waals surface area contributed by atoms with Gasteiger partial charge in [-0.3, -0.25) is 0 Å². The number of unbranched alkanes of at least 4 members (excludes halogenated alkanes) is 1. The molecular formula is C20H21N3. The minimum absolute atomic E-state index is 0.530. The number of rotatable bonds is 6. The quantitative estimate of drug-likeness (QED) is 0.663. The molecule has 1 atom stereocenters. The van der Waals surface area contributed by atoms with E-state index in [9.17, 15) is 5.26 Å². The second-order valence-electron chi connectivity index (χ2n) is 6.06. The van der Waals surface area contributed by atoms with Crippen molar-refractivity contribution < 1.29 is 0 Å². The number of nitrogens with zero attached hydrogens (tertiary/aromatic N) is 3. The Morgan fingerprint density at radius 2 is 2.00 bits per heavy atom. The minimum Gasteiger partial charge on any atom is -0.336 e. The molecule has 3 heteroatoms. The fourth-order valence-electron chi connectivity index (χ4n) is 3.26. The van der Waals surface area contributed by atoms with E-state index in [1.807, 2.05) is 22.9 Å². The summed E-state index contributed by atoms with van der Waals surface area (Å²) in [4.78, 5) is 4.13. The summed E-state index contributed by atoms with van der Waals surface area (Å²) >= 11 is 0. The van der Waals surface area contributed by atoms with Gasteiger partial charge in [0.15, 0.2) is 0 Å². The van der Waals surface area contributed by atoms with E-state index >= 15 is 0 Å². The normalized spacial score (nSPS) is 13.6. The molecular weight excluding hydrogens is 282 g/mol. The maximum Gasteiger partial charge on any atom is 0.101 e. The van der Waals surface area contributed by atoms with Gasteiger partial charge in [-0.05, 0) is 22.8 Å². The molecule has 3 rings (SSSR count). The third-order valence-electron chi connectivity index (χ3n) is 4.49. The summed E-state index contributed by atoms with van der Waals surface area (Å²) in [6.07, 6.45) is 8.47. The molecule has 0 aliphatic carbocycles. The van der Waals surface area contributed by atoms with Crippen LogP contribution in [-0.4, -0.2) is 9.55 Å². The van der Waals surface area contributed by atoms with Crippen LogP contribution in [0.3, 0.4) is 0 Å². The van der Waals surface area contributed by atoms with Gasteiger partial charge < -0.3 is 4.57 Å². The van der Waals surface area contributed by atoms with Gasteiger partial charge in [0, 0.05) is 18.9 Å². The van der Waals surface area contributed by atoms with Crippen LogP contribution in [0.2, 0.25) is 0 Å². The van der Waals surface area contributed by atoms with Crippen LogP contribution in [0.4, 0.5) is 0 Å². The highest BCUT2D eigenvalue weighted by molar-refractivity contribution is 5.87. The molecule has 116 valence electrons. The number of imidazole rings is 1. The van der Waals surface area contributed by atoms with Crippen molar-refractivity contribution in [3.63, 3.8) is 0 Å². The van der Waals surface area contributed by atoms with Gasteiger partial charge in [0.25, 0.3) is 0 Å². The highest BCUT2D eigenvalue weighted by Crippen LogP contribution is 2.36. The molecule has 0 bridgehead atoms. The van der Waals surface area contributed by atoms with Gasteiger partial charge in [-0.25, -0.2) is 4.98 Å². The van der Waals surface area contributed by atoms with Gasteiger partial charge >= 0.3 is 0 Å². The molecule has 0 aliphatic rings. The SMILES string of the molecule is CCCCC(C#N)(Cn1ccnc1)c1cccc2ccccc12. The van der Waals surface area contributed by atoms with Crippen molar-refractivity contribution in [3.8, 4) is 6.07 Å². The number of fused-ring (bicyclic) bond motifs is 1. The number of benzene rings is 2. The predicted molar refractivity (Wildman–Crippen MR) is 93.0 cm³/mol. The first-order valence-electron chi connectivity index (χ1n) is 8.14. The maximum absolute atomic E-state index is 10.1. The van der Waals surface area contributed by atoms with Crippen LogP contribution >= 0.6 is 0 Å². The zero-order chi connectivity index (χ0) is 16.1. The standard InChI is InChI=1S/C20H21N3/c1-2-3-11-20(14-21,15-23-13-12-22-16-23)19-10-6-8-17-7-4-5-9-18(17)19/h4-10,12-13,16H,2-3,11,15H2,1H3. The molecule has 1 heterocycles. The predicted octanol–water partition coefficient (Wildman–Crippen LogP) is 4.69. The molecule has 0 aliphatic heterocycles. The first-order valence-corrected chi connectivity index (χ1v) is 8.14. The Balaban J connectivity index is 2.14. The summed E-state index contributed by atoms with van der Waals surface area (Å²) in [6, 6.07) is 17.2. The van der Waals surface area contributed by atoms with E-state index in [2.05, 4.69) is 48.3 Å². The monoisotopic (exact) mass is 303 g/mol. The van der Waals surface area contributed by atoms with Gasteiger partial charge in [0.1, 0.15) is 5.41 Å². The smallest absolute Gasteiger partial charge is 0.101 e. The highest BCUT2D eigenvalue weighted by atomic mass is 15.0. The van der Waals surface area contributed by atoms with Crippen LogP contribution in [0, 0.1) is 11.3 Å². The Kier molecular flexibility index (Phi) is 4.43. The minimum atomic E-state index is -0.530. The maximum atomic E-state index is 10.1. The fourth-order valence-corrected chi connectivity index (χ4v) is 3.26. The van der Waals surface area contributed by atoms with E-state index in [0.717, 1.165) is 24.8 Å². The number of aromatic nitrogens is 2. The zero-order valence-corrected chi connectivity index (χ0v) is 13.4. The van der Waals surface area contributed by atoms with Crippen LogP contribution in [0.15, 0.2) is 61.2 Å². The first-order chi connectivity index (χ1) is 11.3. The Morgan fingerprint density at radius 1 is 1.17 bits per heavy atom. The van der Waals surface area contributed by atoms with E-state index in [1.165, 1.54) is 10.8 Å². The van der Waals surface area contributed by atoms with E-state index in [0.29, 0.717) is 6.54 Å². The average Bonchev–Trinajstić information content (AvgIpc) is 3.11. The van der Waals surface area contributed by atoms with Gasteiger partial charge in [0.2, 0.25) is 0 Å². The van der Waals surface area contributed by atoms with Crippen LogP contribution in [0.1, 0.15) is 31.7 Å². The summed E-state index contributed by atoms with van der Waals surface area (Å²) in [5, 5.41) is 12.5. The molecule has 2 aromatic carbocycles. The van der Waals surface area contributed by atoms with E-state index in [4.69, 9.17) is 0 Å². The second kappa shape index (κ2) is 6.66. The molecule has 0 saturated carbocycles. The lowest BCUT2D eigenvalue weighted by atomic mass is 9.75. The van der Waals surface area contributed by atoms with Gasteiger partial charge in [-0.1, -0.05) is 62.2 Å². The van der Waals surface area contributed by atoms with Crippen molar-refractivity contribution in [1.29, 1.82) is 5.26 Å². The van der Waals surface area contributed by atoms with Crippen molar-refractivity contribution in [1.82, 2.24) is 9.55 Å². The van der Waals surface area contributed by atoms with E-state index < -0.39 is 5.41 Å². The summed E-state index contributed by atoms with van der Waals surface area (Å²) in [7, 11) is 0. The lowest BCUT2D eigenvalue weighted by Gasteiger charge is -2.29. The summed E-state index contributed by atoms with van der Waals surface area (Å²) < 4.78 is 2.01. The number of nitriles is 1. The van der Waals surface area contributed by atoms with Crippen molar-refractivity contribution in [3.05, 3.63) is 66.7 Å². The summed E-state index contributed by atoms with van der Waals surface area (Å²) in [5.41, 5.74) is 0.595. The third kappa shape index (κ3) is 2.98. The molecule has 1 unspecified atom stereocenters. The topological polar surface area (TPSA) is 41.6 Å². The van der Waals surface area contributed by atoms with Crippen molar-refractivity contribution >= 4 is 10.8 Å². The van der Waals surface area contributed by atoms with E-state index in [-0.39, 0.29) is 0 Å². The summed E-state index contributed by atoms with van der Waals surface area (Å²) in [6.45, 7) is 2.81. The highest BCUT2D eigenvalue weighted by Gasteiger charge is 2.33. The molecule has 0 amide bonds. The van der Waals surface area contributed by atoms with Crippen LogP contribution in [-0.2, 0) is 12.0 Å². The molecule has 0 fully saturated rings. The lowest BCUT2D eigenvalue weighted by Crippen LogP contribution is -2.30. The van der Waals surface area contributed by atoms with Crippen molar-refractivity contribution in [2.24, 2.45) is 0 Å². The van der Waals surface area contributed by atoms with Crippen molar-refractivity contribution in [2.45, 2.75) is 38.1 Å². The Hall–Kier alpha value is -2.60. The van der Waals surface area contributed by atoms with Gasteiger partial charge in [0.05, 0.1) is 12.4 Å². The zero-order valence-electron chi connectivity index (χ0n) is 13.4. The van der Waals surface area contributed by atoms with Crippen molar-refractivity contribution in [2.75, 3.05) is 0 Å². The van der Waals surface area contributed by atoms with Crippen LogP contribution < -0.4 is 0 Å². The molecule has 0 spiro atoms. The lowest BCUT2D eigenvalue weighted by molar-refractivity contribution is 0.414. The molecule has 3 aromatic rings. The number of hydrogen-bond acceptors (Lipinski definition) is 2. The Morgan fingerprint density at radius 3 is 2.74 bits per heavy atom. The molecule has 0 radical (unpaired) electrons. The largest absolute Gasteiger partial charge is 0.336 e. The van der Waals surface area contributed by atoms with Gasteiger partial charge in [-0.15, -0.1) is 0 Å². The summed E-state index contributed by atoms with van der Waals surface area (Å²) in [5.74, 6) is 0.